The molecule has 0 aromatic carbocycles. The fourth-order valence-corrected chi connectivity index (χ4v) is 4.33. The maximum absolute atomic E-state index is 12.4. The van der Waals surface area contributed by atoms with Crippen molar-refractivity contribution in [1.82, 2.24) is 0 Å². The predicted molar refractivity (Wildman–Crippen MR) is 104 cm³/mol. The van der Waals surface area contributed by atoms with Gasteiger partial charge in [0.25, 0.3) is 0 Å². The van der Waals surface area contributed by atoms with Crippen molar-refractivity contribution < 1.29 is 52.2 Å². The van der Waals surface area contributed by atoms with Crippen molar-refractivity contribution in [3.05, 3.63) is 0 Å². The van der Waals surface area contributed by atoms with Crippen LogP contribution in [0.4, 0.5) is 0 Å². The Balaban J connectivity index is 1.54. The van der Waals surface area contributed by atoms with E-state index < -0.39 is 53.7 Å². The molecule has 0 aromatic rings. The molecule has 0 radical (unpaired) electrons. The smallest absolute Gasteiger partial charge is 0.311 e. The first kappa shape index (κ1) is 23.8. The van der Waals surface area contributed by atoms with Crippen LogP contribution in [0.3, 0.4) is 0 Å². The van der Waals surface area contributed by atoms with Gasteiger partial charge < -0.3 is 42.6 Å². The van der Waals surface area contributed by atoms with E-state index in [1.807, 2.05) is 13.8 Å². The Kier molecular flexibility index (Phi) is 6.79. The normalized spacial score (nSPS) is 43.5. The van der Waals surface area contributed by atoms with Gasteiger partial charge in [-0.2, -0.15) is 0 Å². The number of rotatable bonds is 1. The van der Waals surface area contributed by atoms with E-state index in [-0.39, 0.29) is 45.9 Å². The third-order valence-corrected chi connectivity index (χ3v) is 5.72. The zero-order valence-electron chi connectivity index (χ0n) is 19.0. The fourth-order valence-electron chi connectivity index (χ4n) is 4.33. The van der Waals surface area contributed by atoms with Crippen LogP contribution in [0.5, 0.6) is 0 Å². The Morgan fingerprint density at radius 1 is 0.656 bits per heavy atom. The van der Waals surface area contributed by atoms with Crippen molar-refractivity contribution in [2.24, 2.45) is 0 Å². The van der Waals surface area contributed by atoms with Crippen LogP contribution in [0, 0.1) is 0 Å². The number of carbonyl (C=O) groups excluding carboxylic acids is 2. The second-order valence-corrected chi connectivity index (χ2v) is 9.17. The van der Waals surface area contributed by atoms with Gasteiger partial charge in [-0.25, -0.2) is 0 Å². The highest BCUT2D eigenvalue weighted by Crippen LogP contribution is 2.42. The van der Waals surface area contributed by atoms with Gasteiger partial charge in [-0.1, -0.05) is 0 Å². The van der Waals surface area contributed by atoms with E-state index in [0.717, 1.165) is 0 Å². The van der Waals surface area contributed by atoms with E-state index in [2.05, 4.69) is 0 Å². The third kappa shape index (κ3) is 5.58. The van der Waals surface area contributed by atoms with Crippen LogP contribution in [0.1, 0.15) is 40.5 Å². The second kappa shape index (κ2) is 9.13. The first-order valence-corrected chi connectivity index (χ1v) is 10.9. The van der Waals surface area contributed by atoms with Gasteiger partial charge >= 0.3 is 11.9 Å². The minimum absolute atomic E-state index is 0.0706. The van der Waals surface area contributed by atoms with Gasteiger partial charge in [-0.05, 0) is 27.7 Å². The average molecular weight is 460 g/mol. The van der Waals surface area contributed by atoms with E-state index in [0.29, 0.717) is 6.61 Å². The summed E-state index contributed by atoms with van der Waals surface area (Å²) in [7, 11) is 0. The lowest BCUT2D eigenvalue weighted by atomic mass is 10.0. The molecule has 11 heteroatoms. The molecule has 182 valence electrons. The molecule has 4 heterocycles. The van der Waals surface area contributed by atoms with Crippen molar-refractivity contribution >= 4 is 11.9 Å². The lowest BCUT2D eigenvalue weighted by Crippen LogP contribution is -2.45. The standard InChI is InChI=1S/C21H32O11/c1-19(2)27-11-13(29-19)17-18-14-12-28-20(3,30-14)9-15(22)25-7-5-24-6-8-26-16(23)10-21(4,31-17)32-18/h13-14,17-18H,5-12H2,1-4H3. The maximum Gasteiger partial charge on any atom is 0.311 e. The Bertz CT molecular complexity index is 712. The fraction of sp³-hybridized carbons (Fsp3) is 0.905. The number of ether oxygens (including phenoxy) is 9. The summed E-state index contributed by atoms with van der Waals surface area (Å²) in [6.07, 6.45) is -2.40. The zero-order chi connectivity index (χ0) is 23.0. The van der Waals surface area contributed by atoms with Crippen LogP contribution in [0.25, 0.3) is 0 Å². The molecule has 4 aliphatic rings. The summed E-state index contributed by atoms with van der Waals surface area (Å²) >= 11 is 0. The topological polar surface area (TPSA) is 117 Å². The van der Waals surface area contributed by atoms with E-state index in [1.54, 1.807) is 13.8 Å². The highest BCUT2D eigenvalue weighted by atomic mass is 16.8. The summed E-state index contributed by atoms with van der Waals surface area (Å²) < 4.78 is 51.8. The van der Waals surface area contributed by atoms with Gasteiger partial charge in [0, 0.05) is 0 Å². The summed E-state index contributed by atoms with van der Waals surface area (Å²) in [6.45, 7) is 8.00. The van der Waals surface area contributed by atoms with E-state index >= 15 is 0 Å². The predicted octanol–water partition coefficient (Wildman–Crippen LogP) is 0.667. The molecule has 0 aliphatic carbocycles. The Hall–Kier alpha value is -1.34. The van der Waals surface area contributed by atoms with Crippen molar-refractivity contribution in [3.8, 4) is 0 Å². The summed E-state index contributed by atoms with van der Waals surface area (Å²) in [4.78, 5) is 24.6. The second-order valence-electron chi connectivity index (χ2n) is 9.17. The van der Waals surface area contributed by atoms with Gasteiger partial charge in [0.05, 0.1) is 39.3 Å². The van der Waals surface area contributed by atoms with Crippen LogP contribution in [0.15, 0.2) is 0 Å². The number of esters is 2. The lowest BCUT2D eigenvalue weighted by Gasteiger charge is -2.27. The Morgan fingerprint density at radius 3 is 1.75 bits per heavy atom. The minimum atomic E-state index is -1.25. The van der Waals surface area contributed by atoms with Crippen LogP contribution >= 0.6 is 0 Å². The van der Waals surface area contributed by atoms with Crippen LogP contribution in [-0.4, -0.2) is 93.4 Å². The molecule has 0 aromatic heterocycles. The summed E-state index contributed by atoms with van der Waals surface area (Å²) in [5, 5.41) is 0. The van der Waals surface area contributed by atoms with Gasteiger partial charge in [0.1, 0.15) is 37.6 Å². The molecule has 4 aliphatic heterocycles. The molecule has 4 bridgehead atoms. The zero-order valence-corrected chi connectivity index (χ0v) is 19.0. The number of cyclic esters (lactones) is 2. The summed E-state index contributed by atoms with van der Waals surface area (Å²) in [6, 6.07) is 0. The van der Waals surface area contributed by atoms with Gasteiger partial charge in [0.15, 0.2) is 17.4 Å². The highest BCUT2D eigenvalue weighted by Gasteiger charge is 2.57. The summed E-state index contributed by atoms with van der Waals surface area (Å²) in [5.41, 5.74) is 0. The number of hydrogen-bond donors (Lipinski definition) is 0. The molecule has 4 fully saturated rings. The molecular formula is C21H32O11. The lowest BCUT2D eigenvalue weighted by molar-refractivity contribution is -0.203. The Labute approximate surface area is 186 Å². The molecule has 0 amide bonds. The largest absolute Gasteiger partial charge is 0.463 e. The molecule has 6 atom stereocenters. The van der Waals surface area contributed by atoms with E-state index in [9.17, 15) is 9.59 Å². The van der Waals surface area contributed by atoms with Gasteiger partial charge in [0.2, 0.25) is 0 Å². The average Bonchev–Trinajstić information content (AvgIpc) is 3.35. The molecule has 32 heavy (non-hydrogen) atoms. The van der Waals surface area contributed by atoms with Crippen LogP contribution in [-0.2, 0) is 52.2 Å². The number of hydrogen-bond acceptors (Lipinski definition) is 11. The van der Waals surface area contributed by atoms with Crippen molar-refractivity contribution in [2.45, 2.75) is 82.3 Å². The molecule has 4 rings (SSSR count). The van der Waals surface area contributed by atoms with Crippen LogP contribution < -0.4 is 0 Å². The molecule has 0 spiro atoms. The SMILES string of the molecule is CC1(C)OCC(C2OC3(C)CC(=O)OCCOCCOC(=O)CC4(C)OCC(O4)C2O3)O1. The number of carbonyl (C=O) groups is 2. The molecular weight excluding hydrogens is 428 g/mol. The van der Waals surface area contributed by atoms with Crippen molar-refractivity contribution in [2.75, 3.05) is 39.6 Å². The van der Waals surface area contributed by atoms with E-state index in [4.69, 9.17) is 42.6 Å². The highest BCUT2D eigenvalue weighted by molar-refractivity contribution is 5.70. The van der Waals surface area contributed by atoms with Crippen molar-refractivity contribution in [3.63, 3.8) is 0 Å². The van der Waals surface area contributed by atoms with E-state index in [1.165, 1.54) is 0 Å². The quantitative estimate of drug-likeness (QED) is 0.514. The molecule has 0 saturated carbocycles. The third-order valence-electron chi connectivity index (χ3n) is 5.72. The monoisotopic (exact) mass is 460 g/mol. The first-order valence-electron chi connectivity index (χ1n) is 10.9. The summed E-state index contributed by atoms with van der Waals surface area (Å²) in [5.74, 6) is -4.14. The van der Waals surface area contributed by atoms with Gasteiger partial charge in [-0.3, -0.25) is 9.59 Å². The maximum atomic E-state index is 12.4. The van der Waals surface area contributed by atoms with Crippen LogP contribution in [0.2, 0.25) is 0 Å². The molecule has 0 N–H and O–H groups in total. The molecule has 11 nitrogen and oxygen atoms in total. The first-order chi connectivity index (χ1) is 15.1. The molecule has 6 unspecified atom stereocenters. The van der Waals surface area contributed by atoms with Gasteiger partial charge in [-0.15, -0.1) is 0 Å². The number of fused-ring (bicyclic) bond motifs is 5. The minimum Gasteiger partial charge on any atom is -0.463 e. The van der Waals surface area contributed by atoms with Crippen molar-refractivity contribution in [1.29, 1.82) is 0 Å². The molecule has 4 saturated heterocycles. The Morgan fingerprint density at radius 2 is 1.19 bits per heavy atom.